The Bertz CT molecular complexity index is 701. The molecular formula is C10H8N6O. The van der Waals surface area contributed by atoms with E-state index >= 15 is 0 Å². The van der Waals surface area contributed by atoms with Crippen LogP contribution in [-0.4, -0.2) is 29.7 Å². The summed E-state index contributed by atoms with van der Waals surface area (Å²) >= 11 is 0. The van der Waals surface area contributed by atoms with Crippen molar-refractivity contribution in [1.82, 2.24) is 29.7 Å². The maximum atomic E-state index is 11.7. The van der Waals surface area contributed by atoms with Crippen LogP contribution in [-0.2, 0) is 6.54 Å². The summed E-state index contributed by atoms with van der Waals surface area (Å²) in [6.45, 7) is 0.346. The van der Waals surface area contributed by atoms with Gasteiger partial charge in [0.1, 0.15) is 17.9 Å². The Morgan fingerprint density at radius 3 is 2.88 bits per heavy atom. The van der Waals surface area contributed by atoms with E-state index in [1.807, 2.05) is 0 Å². The maximum absolute atomic E-state index is 11.7. The third-order valence-corrected chi connectivity index (χ3v) is 2.34. The van der Waals surface area contributed by atoms with Gasteiger partial charge in [0.2, 0.25) is 0 Å². The molecule has 0 saturated carbocycles. The summed E-state index contributed by atoms with van der Waals surface area (Å²) in [5.74, 6) is 0.598. The van der Waals surface area contributed by atoms with Crippen LogP contribution in [0.25, 0.3) is 11.0 Å². The maximum Gasteiger partial charge on any atom is 0.276 e. The summed E-state index contributed by atoms with van der Waals surface area (Å²) in [5.41, 5.74) is 0.771. The first-order valence-electron chi connectivity index (χ1n) is 5.00. The number of nitrogens with zero attached hydrogens (tertiary/aromatic N) is 5. The van der Waals surface area contributed by atoms with E-state index < -0.39 is 0 Å². The minimum Gasteiger partial charge on any atom is -0.311 e. The van der Waals surface area contributed by atoms with Crippen LogP contribution in [0.2, 0.25) is 0 Å². The predicted octanol–water partition coefficient (Wildman–Crippen LogP) is -0.0421. The summed E-state index contributed by atoms with van der Waals surface area (Å²) in [4.78, 5) is 26.4. The zero-order valence-electron chi connectivity index (χ0n) is 8.74. The molecular weight excluding hydrogens is 220 g/mol. The van der Waals surface area contributed by atoms with Crippen molar-refractivity contribution in [2.24, 2.45) is 0 Å². The minimum atomic E-state index is -0.219. The van der Waals surface area contributed by atoms with Gasteiger partial charge in [0.05, 0.1) is 12.5 Å². The zero-order valence-corrected chi connectivity index (χ0v) is 8.74. The summed E-state index contributed by atoms with van der Waals surface area (Å²) in [6.07, 6.45) is 6.20. The molecule has 17 heavy (non-hydrogen) atoms. The molecule has 0 unspecified atom stereocenters. The first-order valence-corrected chi connectivity index (χ1v) is 5.00. The fourth-order valence-electron chi connectivity index (χ4n) is 1.60. The molecule has 0 spiro atoms. The summed E-state index contributed by atoms with van der Waals surface area (Å²) in [5, 5.41) is 4.11. The van der Waals surface area contributed by atoms with Gasteiger partial charge >= 0.3 is 0 Å². The van der Waals surface area contributed by atoms with Gasteiger partial charge in [-0.15, -0.1) is 0 Å². The molecule has 0 fully saturated rings. The second-order valence-corrected chi connectivity index (χ2v) is 3.43. The van der Waals surface area contributed by atoms with Crippen molar-refractivity contribution in [3.8, 4) is 0 Å². The smallest absolute Gasteiger partial charge is 0.276 e. The van der Waals surface area contributed by atoms with Gasteiger partial charge in [-0.2, -0.15) is 5.10 Å². The SMILES string of the molecule is O=c1[nH]cnc2cnn(Cc3ncccn3)c12. The van der Waals surface area contributed by atoms with Gasteiger partial charge in [-0.25, -0.2) is 19.6 Å². The molecule has 0 aromatic carbocycles. The predicted molar refractivity (Wildman–Crippen MR) is 59.3 cm³/mol. The molecule has 84 valence electrons. The van der Waals surface area contributed by atoms with Crippen molar-refractivity contribution in [3.63, 3.8) is 0 Å². The van der Waals surface area contributed by atoms with Crippen molar-refractivity contribution in [2.75, 3.05) is 0 Å². The van der Waals surface area contributed by atoms with Crippen molar-refractivity contribution < 1.29 is 0 Å². The van der Waals surface area contributed by atoms with Crippen LogP contribution in [0.1, 0.15) is 5.82 Å². The Hall–Kier alpha value is -2.57. The number of H-pyrrole nitrogens is 1. The van der Waals surface area contributed by atoms with E-state index in [0.717, 1.165) is 0 Å². The Morgan fingerprint density at radius 2 is 2.06 bits per heavy atom. The van der Waals surface area contributed by atoms with Crippen molar-refractivity contribution >= 4 is 11.0 Å². The fourth-order valence-corrected chi connectivity index (χ4v) is 1.60. The molecule has 3 rings (SSSR count). The average Bonchev–Trinajstić information content (AvgIpc) is 2.75. The molecule has 1 N–H and O–H groups in total. The third kappa shape index (κ3) is 1.67. The summed E-state index contributed by atoms with van der Waals surface area (Å²) < 4.78 is 1.54. The third-order valence-electron chi connectivity index (χ3n) is 2.34. The second kappa shape index (κ2) is 3.78. The quantitative estimate of drug-likeness (QED) is 0.664. The standard InChI is InChI=1S/C10H8N6O/c17-10-9-7(13-6-14-10)4-15-16(9)5-8-11-2-1-3-12-8/h1-4,6H,5H2,(H,13,14,17). The molecule has 0 radical (unpaired) electrons. The number of fused-ring (bicyclic) bond motifs is 1. The van der Waals surface area contributed by atoms with Crippen LogP contribution >= 0.6 is 0 Å². The molecule has 0 bridgehead atoms. The van der Waals surface area contributed by atoms with Crippen LogP contribution < -0.4 is 5.56 Å². The van der Waals surface area contributed by atoms with Crippen LogP contribution in [0.15, 0.2) is 35.8 Å². The average molecular weight is 228 g/mol. The van der Waals surface area contributed by atoms with E-state index in [4.69, 9.17) is 0 Å². The molecule has 0 aliphatic carbocycles. The highest BCUT2D eigenvalue weighted by Gasteiger charge is 2.08. The first-order chi connectivity index (χ1) is 8.34. The van der Waals surface area contributed by atoms with Gasteiger partial charge in [-0.1, -0.05) is 0 Å². The van der Waals surface area contributed by atoms with Crippen LogP contribution in [0.5, 0.6) is 0 Å². The number of nitrogens with one attached hydrogen (secondary N) is 1. The van der Waals surface area contributed by atoms with E-state index in [2.05, 4.69) is 25.0 Å². The zero-order chi connectivity index (χ0) is 11.7. The lowest BCUT2D eigenvalue weighted by Gasteiger charge is -2.00. The highest BCUT2D eigenvalue weighted by molar-refractivity contribution is 5.72. The molecule has 7 nitrogen and oxygen atoms in total. The molecule has 0 amide bonds. The van der Waals surface area contributed by atoms with E-state index in [0.29, 0.717) is 23.4 Å². The van der Waals surface area contributed by atoms with Crippen LogP contribution in [0.4, 0.5) is 0 Å². The second-order valence-electron chi connectivity index (χ2n) is 3.43. The lowest BCUT2D eigenvalue weighted by Crippen LogP contribution is -2.13. The number of hydrogen-bond donors (Lipinski definition) is 1. The van der Waals surface area contributed by atoms with Crippen molar-refractivity contribution in [3.05, 3.63) is 47.2 Å². The van der Waals surface area contributed by atoms with Crippen LogP contribution in [0, 0.1) is 0 Å². The molecule has 0 atom stereocenters. The number of hydrogen-bond acceptors (Lipinski definition) is 5. The monoisotopic (exact) mass is 228 g/mol. The van der Waals surface area contributed by atoms with Crippen molar-refractivity contribution in [2.45, 2.75) is 6.54 Å². The van der Waals surface area contributed by atoms with Gasteiger partial charge in [-0.05, 0) is 6.07 Å². The summed E-state index contributed by atoms with van der Waals surface area (Å²) in [6, 6.07) is 1.74. The highest BCUT2D eigenvalue weighted by Crippen LogP contribution is 2.05. The molecule has 3 heterocycles. The van der Waals surface area contributed by atoms with Gasteiger partial charge < -0.3 is 4.98 Å². The molecule has 0 aliphatic rings. The number of rotatable bonds is 2. The largest absolute Gasteiger partial charge is 0.311 e. The lowest BCUT2D eigenvalue weighted by molar-refractivity contribution is 0.674. The van der Waals surface area contributed by atoms with Crippen LogP contribution in [0.3, 0.4) is 0 Å². The Morgan fingerprint density at radius 1 is 1.24 bits per heavy atom. The van der Waals surface area contributed by atoms with Gasteiger partial charge in [0.25, 0.3) is 5.56 Å². The van der Waals surface area contributed by atoms with Gasteiger partial charge in [-0.3, -0.25) is 4.79 Å². The van der Waals surface area contributed by atoms with E-state index in [1.165, 1.54) is 11.0 Å². The Balaban J connectivity index is 2.10. The molecule has 3 aromatic heterocycles. The first kappa shape index (κ1) is 9.64. The Labute approximate surface area is 95.2 Å². The lowest BCUT2D eigenvalue weighted by atomic mass is 10.4. The highest BCUT2D eigenvalue weighted by atomic mass is 16.1. The normalized spacial score (nSPS) is 10.8. The topological polar surface area (TPSA) is 89.4 Å². The van der Waals surface area contributed by atoms with Gasteiger partial charge in [0, 0.05) is 12.4 Å². The van der Waals surface area contributed by atoms with E-state index in [1.54, 1.807) is 24.7 Å². The fraction of sp³-hybridized carbons (Fsp3) is 0.100. The number of aromatic nitrogens is 6. The van der Waals surface area contributed by atoms with Gasteiger partial charge in [0.15, 0.2) is 5.52 Å². The minimum absolute atomic E-state index is 0.219. The molecule has 3 aromatic rings. The summed E-state index contributed by atoms with van der Waals surface area (Å²) in [7, 11) is 0. The Kier molecular flexibility index (Phi) is 2.14. The van der Waals surface area contributed by atoms with E-state index in [9.17, 15) is 4.79 Å². The van der Waals surface area contributed by atoms with Crippen molar-refractivity contribution in [1.29, 1.82) is 0 Å². The molecule has 0 saturated heterocycles. The van der Waals surface area contributed by atoms with E-state index in [-0.39, 0.29) is 5.56 Å². The number of aromatic amines is 1. The molecule has 0 aliphatic heterocycles. The molecule has 7 heteroatoms.